The Bertz CT molecular complexity index is 731. The Morgan fingerprint density at radius 2 is 1.63 bits per heavy atom. The molecule has 0 atom stereocenters. The summed E-state index contributed by atoms with van der Waals surface area (Å²) in [5.74, 6) is -0.445. The number of hydrogen-bond donors (Lipinski definition) is 0. The molecule has 0 bridgehead atoms. The van der Waals surface area contributed by atoms with Gasteiger partial charge in [0.25, 0.3) is 0 Å². The first-order chi connectivity index (χ1) is 13.0. The molecule has 146 valence electrons. The summed E-state index contributed by atoms with van der Waals surface area (Å²) in [6.45, 7) is 2.17. The Labute approximate surface area is 159 Å². The fourth-order valence-corrected chi connectivity index (χ4v) is 3.98. The zero-order chi connectivity index (χ0) is 19.2. The van der Waals surface area contributed by atoms with Gasteiger partial charge in [-0.3, -0.25) is 0 Å². The molecule has 1 aliphatic carbocycles. The maximum atomic E-state index is 14.5. The first kappa shape index (κ1) is 19.8. The summed E-state index contributed by atoms with van der Waals surface area (Å²) in [4.78, 5) is 0. The first-order valence-electron chi connectivity index (χ1n) is 9.92. The molecular formula is C23H27F3O. The quantitative estimate of drug-likeness (QED) is 0.499. The molecule has 0 aromatic heterocycles. The van der Waals surface area contributed by atoms with Crippen LogP contribution in [0, 0.1) is 23.4 Å². The topological polar surface area (TPSA) is 9.23 Å². The predicted molar refractivity (Wildman–Crippen MR) is 101 cm³/mol. The van der Waals surface area contributed by atoms with E-state index >= 15 is 0 Å². The first-order valence-corrected chi connectivity index (χ1v) is 9.92. The molecule has 2 aromatic rings. The lowest BCUT2D eigenvalue weighted by atomic mass is 9.77. The van der Waals surface area contributed by atoms with Crippen LogP contribution in [0.4, 0.5) is 13.2 Å². The standard InChI is InChI=1S/C23H27F3O/c1-2-3-4-16-5-7-17(8-6-16)18-9-10-19(23(26)11-18)15-27-22-13-20(24)12-21(25)14-22/h9-14,16-17H,2-8,15H2,1H3/t16-,17-. The molecule has 0 amide bonds. The smallest absolute Gasteiger partial charge is 0.130 e. The third-order valence-corrected chi connectivity index (χ3v) is 5.59. The summed E-state index contributed by atoms with van der Waals surface area (Å²) in [6, 6.07) is 8.24. The van der Waals surface area contributed by atoms with Crippen LogP contribution in [0.15, 0.2) is 36.4 Å². The zero-order valence-electron chi connectivity index (χ0n) is 15.8. The molecule has 4 heteroatoms. The summed E-state index contributed by atoms with van der Waals surface area (Å²) in [6.07, 6.45) is 8.54. The molecule has 1 saturated carbocycles. The Morgan fingerprint density at radius 3 is 2.26 bits per heavy atom. The van der Waals surface area contributed by atoms with E-state index in [9.17, 15) is 13.2 Å². The van der Waals surface area contributed by atoms with Gasteiger partial charge in [-0.2, -0.15) is 0 Å². The van der Waals surface area contributed by atoms with Gasteiger partial charge in [-0.25, -0.2) is 13.2 Å². The minimum Gasteiger partial charge on any atom is -0.489 e. The van der Waals surface area contributed by atoms with Gasteiger partial charge in [-0.05, 0) is 49.1 Å². The van der Waals surface area contributed by atoms with E-state index in [0.29, 0.717) is 11.5 Å². The molecule has 0 spiro atoms. The van der Waals surface area contributed by atoms with Gasteiger partial charge in [0.05, 0.1) is 0 Å². The van der Waals surface area contributed by atoms with Gasteiger partial charge in [-0.1, -0.05) is 38.3 Å². The van der Waals surface area contributed by atoms with Crippen molar-refractivity contribution in [3.8, 4) is 5.75 Å². The monoisotopic (exact) mass is 376 g/mol. The molecular weight excluding hydrogens is 349 g/mol. The van der Waals surface area contributed by atoms with E-state index in [1.165, 1.54) is 32.1 Å². The number of rotatable bonds is 7. The summed E-state index contributed by atoms with van der Waals surface area (Å²) >= 11 is 0. The van der Waals surface area contributed by atoms with Crippen molar-refractivity contribution in [3.63, 3.8) is 0 Å². The molecule has 1 fully saturated rings. The normalized spacial score (nSPS) is 19.9. The van der Waals surface area contributed by atoms with E-state index in [-0.39, 0.29) is 18.2 Å². The highest BCUT2D eigenvalue weighted by Crippen LogP contribution is 2.38. The molecule has 1 nitrogen and oxygen atoms in total. The van der Waals surface area contributed by atoms with Crippen molar-refractivity contribution in [2.75, 3.05) is 0 Å². The average Bonchev–Trinajstić information content (AvgIpc) is 2.65. The zero-order valence-corrected chi connectivity index (χ0v) is 15.8. The third-order valence-electron chi connectivity index (χ3n) is 5.59. The van der Waals surface area contributed by atoms with Crippen molar-refractivity contribution >= 4 is 0 Å². The van der Waals surface area contributed by atoms with Crippen LogP contribution >= 0.6 is 0 Å². The average molecular weight is 376 g/mol. The molecule has 3 rings (SSSR count). The van der Waals surface area contributed by atoms with Crippen LogP contribution in [-0.4, -0.2) is 0 Å². The van der Waals surface area contributed by atoms with Crippen molar-refractivity contribution in [2.45, 2.75) is 64.4 Å². The highest BCUT2D eigenvalue weighted by molar-refractivity contribution is 5.28. The highest BCUT2D eigenvalue weighted by Gasteiger charge is 2.22. The van der Waals surface area contributed by atoms with Gasteiger partial charge < -0.3 is 4.74 Å². The van der Waals surface area contributed by atoms with Crippen molar-refractivity contribution in [1.29, 1.82) is 0 Å². The van der Waals surface area contributed by atoms with Crippen LogP contribution < -0.4 is 4.74 Å². The molecule has 0 N–H and O–H groups in total. The largest absolute Gasteiger partial charge is 0.489 e. The molecule has 0 heterocycles. The fraction of sp³-hybridized carbons (Fsp3) is 0.478. The second-order valence-corrected chi connectivity index (χ2v) is 7.60. The lowest BCUT2D eigenvalue weighted by Crippen LogP contribution is -2.13. The van der Waals surface area contributed by atoms with E-state index in [1.807, 2.05) is 6.07 Å². The Balaban J connectivity index is 1.57. The summed E-state index contributed by atoms with van der Waals surface area (Å²) in [5.41, 5.74) is 1.43. The number of ether oxygens (including phenoxy) is 1. The summed E-state index contributed by atoms with van der Waals surface area (Å²) in [5, 5.41) is 0. The van der Waals surface area contributed by atoms with Crippen LogP contribution in [0.25, 0.3) is 0 Å². The van der Waals surface area contributed by atoms with Gasteiger partial charge in [0.2, 0.25) is 0 Å². The Morgan fingerprint density at radius 1 is 0.926 bits per heavy atom. The second kappa shape index (κ2) is 9.29. The summed E-state index contributed by atoms with van der Waals surface area (Å²) in [7, 11) is 0. The van der Waals surface area contributed by atoms with Crippen molar-refractivity contribution in [2.24, 2.45) is 5.92 Å². The molecule has 27 heavy (non-hydrogen) atoms. The van der Waals surface area contributed by atoms with Gasteiger partial charge >= 0.3 is 0 Å². The van der Waals surface area contributed by atoms with Gasteiger partial charge in [-0.15, -0.1) is 0 Å². The molecule has 2 aromatic carbocycles. The van der Waals surface area contributed by atoms with E-state index in [2.05, 4.69) is 6.92 Å². The second-order valence-electron chi connectivity index (χ2n) is 7.60. The molecule has 0 unspecified atom stereocenters. The number of hydrogen-bond acceptors (Lipinski definition) is 1. The maximum Gasteiger partial charge on any atom is 0.130 e. The summed E-state index contributed by atoms with van der Waals surface area (Å²) < 4.78 is 46.2. The number of benzene rings is 2. The van der Waals surface area contributed by atoms with Crippen LogP contribution in [0.1, 0.15) is 68.9 Å². The minimum absolute atomic E-state index is 0.0568. The predicted octanol–water partition coefficient (Wildman–Crippen LogP) is 7.15. The van der Waals surface area contributed by atoms with E-state index < -0.39 is 11.6 Å². The molecule has 0 saturated heterocycles. The van der Waals surface area contributed by atoms with Gasteiger partial charge in [0.15, 0.2) is 0 Å². The van der Waals surface area contributed by atoms with Crippen LogP contribution in [0.2, 0.25) is 0 Å². The Kier molecular flexibility index (Phi) is 6.81. The lowest BCUT2D eigenvalue weighted by Gasteiger charge is -2.29. The molecule has 0 radical (unpaired) electrons. The van der Waals surface area contributed by atoms with Crippen LogP contribution in [0.5, 0.6) is 5.75 Å². The van der Waals surface area contributed by atoms with Crippen LogP contribution in [-0.2, 0) is 6.61 Å². The third kappa shape index (κ3) is 5.50. The van der Waals surface area contributed by atoms with E-state index in [1.54, 1.807) is 12.1 Å². The lowest BCUT2D eigenvalue weighted by molar-refractivity contribution is 0.295. The number of unbranched alkanes of at least 4 members (excludes halogenated alkanes) is 1. The molecule has 0 aliphatic heterocycles. The van der Waals surface area contributed by atoms with Crippen LogP contribution in [0.3, 0.4) is 0 Å². The van der Waals surface area contributed by atoms with Gasteiger partial charge in [0.1, 0.15) is 29.8 Å². The fourth-order valence-electron chi connectivity index (χ4n) is 3.98. The SMILES string of the molecule is CCCC[C@H]1CC[C@H](c2ccc(COc3cc(F)cc(F)c3)c(F)c2)CC1. The van der Waals surface area contributed by atoms with E-state index in [0.717, 1.165) is 42.5 Å². The van der Waals surface area contributed by atoms with Crippen molar-refractivity contribution < 1.29 is 17.9 Å². The van der Waals surface area contributed by atoms with Gasteiger partial charge in [0, 0.05) is 23.8 Å². The van der Waals surface area contributed by atoms with E-state index in [4.69, 9.17) is 4.74 Å². The van der Waals surface area contributed by atoms with Crippen molar-refractivity contribution in [3.05, 3.63) is 65.0 Å². The highest BCUT2D eigenvalue weighted by atomic mass is 19.1. The Hall–Kier alpha value is -1.97. The molecule has 1 aliphatic rings. The minimum atomic E-state index is -0.713. The van der Waals surface area contributed by atoms with Crippen molar-refractivity contribution in [1.82, 2.24) is 0 Å². The number of halogens is 3. The maximum absolute atomic E-state index is 14.5.